The Labute approximate surface area is 191 Å². The Morgan fingerprint density at radius 2 is 1.68 bits per heavy atom. The molecule has 10 heteroatoms. The first kappa shape index (κ1) is 21.6. The predicted molar refractivity (Wildman–Crippen MR) is 119 cm³/mol. The van der Waals surface area contributed by atoms with E-state index < -0.39 is 17.6 Å². The van der Waals surface area contributed by atoms with Crippen LogP contribution in [-0.2, 0) is 6.18 Å². The zero-order valence-corrected chi connectivity index (χ0v) is 17.8. The van der Waals surface area contributed by atoms with Crippen LogP contribution in [0.4, 0.5) is 23.5 Å². The van der Waals surface area contributed by atoms with Gasteiger partial charge in [-0.15, -0.1) is 5.10 Å². The van der Waals surface area contributed by atoms with Gasteiger partial charge >= 0.3 is 6.18 Å². The highest BCUT2D eigenvalue weighted by Crippen LogP contribution is 2.33. The largest absolute Gasteiger partial charge is 0.416 e. The molecule has 0 aliphatic heterocycles. The van der Waals surface area contributed by atoms with Gasteiger partial charge in [0.15, 0.2) is 5.65 Å². The van der Waals surface area contributed by atoms with E-state index in [1.807, 2.05) is 6.92 Å². The summed E-state index contributed by atoms with van der Waals surface area (Å²) < 4.78 is 57.1. The smallest absolute Gasteiger partial charge is 0.366 e. The fraction of sp³-hybridized carbons (Fsp3) is 0.125. The minimum Gasteiger partial charge on any atom is -0.366 e. The first-order valence-corrected chi connectivity index (χ1v) is 10.3. The SMILES string of the molecule is CC(c1ccc(C(F)(F)F)cc1)n1cc(-c2cccc(-c3ccn4nc(N)nc4c3)c2F)cn1. The molecule has 2 N–H and O–H groups in total. The Bertz CT molecular complexity index is 1480. The van der Waals surface area contributed by atoms with Crippen molar-refractivity contribution in [1.82, 2.24) is 24.4 Å². The molecule has 0 spiro atoms. The van der Waals surface area contributed by atoms with Crippen LogP contribution in [0.15, 0.2) is 73.2 Å². The van der Waals surface area contributed by atoms with Crippen LogP contribution >= 0.6 is 0 Å². The Kier molecular flexibility index (Phi) is 5.07. The number of fused-ring (bicyclic) bond motifs is 1. The van der Waals surface area contributed by atoms with Gasteiger partial charge in [0.2, 0.25) is 5.95 Å². The molecule has 0 saturated carbocycles. The van der Waals surface area contributed by atoms with Crippen molar-refractivity contribution < 1.29 is 17.6 Å². The van der Waals surface area contributed by atoms with Gasteiger partial charge in [0.05, 0.1) is 17.8 Å². The normalized spacial score (nSPS) is 12.9. The number of aromatic nitrogens is 5. The predicted octanol–water partition coefficient (Wildman–Crippen LogP) is 5.61. The summed E-state index contributed by atoms with van der Waals surface area (Å²) in [6.07, 6.45) is 0.469. The van der Waals surface area contributed by atoms with Crippen LogP contribution in [0.1, 0.15) is 24.1 Å². The monoisotopic (exact) mass is 466 g/mol. The number of alkyl halides is 3. The minimum absolute atomic E-state index is 0.126. The van der Waals surface area contributed by atoms with Crippen LogP contribution in [0.25, 0.3) is 27.9 Å². The molecule has 0 radical (unpaired) electrons. The van der Waals surface area contributed by atoms with Crippen molar-refractivity contribution in [3.63, 3.8) is 0 Å². The van der Waals surface area contributed by atoms with E-state index in [2.05, 4.69) is 15.2 Å². The molecule has 0 bridgehead atoms. The number of benzene rings is 2. The van der Waals surface area contributed by atoms with Gasteiger partial charge in [-0.3, -0.25) is 4.68 Å². The van der Waals surface area contributed by atoms with Gasteiger partial charge in [0.25, 0.3) is 0 Å². The van der Waals surface area contributed by atoms with Crippen LogP contribution in [0.2, 0.25) is 0 Å². The summed E-state index contributed by atoms with van der Waals surface area (Å²) in [5, 5.41) is 8.34. The highest BCUT2D eigenvalue weighted by Gasteiger charge is 2.30. The fourth-order valence-electron chi connectivity index (χ4n) is 3.84. The maximum Gasteiger partial charge on any atom is 0.416 e. The summed E-state index contributed by atoms with van der Waals surface area (Å²) in [6, 6.07) is 13.1. The topological polar surface area (TPSA) is 74.0 Å². The lowest BCUT2D eigenvalue weighted by Gasteiger charge is -2.14. The Morgan fingerprint density at radius 3 is 2.38 bits per heavy atom. The van der Waals surface area contributed by atoms with E-state index in [4.69, 9.17) is 5.73 Å². The van der Waals surface area contributed by atoms with E-state index in [0.717, 1.165) is 12.1 Å². The van der Waals surface area contributed by atoms with Gasteiger partial charge < -0.3 is 5.73 Å². The number of halogens is 4. The minimum atomic E-state index is -4.39. The summed E-state index contributed by atoms with van der Waals surface area (Å²) in [6.45, 7) is 1.81. The molecule has 1 unspecified atom stereocenters. The molecule has 0 aliphatic rings. The summed E-state index contributed by atoms with van der Waals surface area (Å²) in [4.78, 5) is 4.11. The van der Waals surface area contributed by atoms with E-state index in [0.29, 0.717) is 33.5 Å². The fourth-order valence-corrected chi connectivity index (χ4v) is 3.84. The van der Waals surface area contributed by atoms with E-state index >= 15 is 4.39 Å². The van der Waals surface area contributed by atoms with Crippen LogP contribution < -0.4 is 5.73 Å². The van der Waals surface area contributed by atoms with Gasteiger partial charge in [0.1, 0.15) is 5.82 Å². The number of pyridine rings is 1. The zero-order valence-electron chi connectivity index (χ0n) is 17.8. The van der Waals surface area contributed by atoms with Crippen LogP contribution in [0, 0.1) is 5.82 Å². The summed E-state index contributed by atoms with van der Waals surface area (Å²) in [5.41, 5.74) is 7.96. The van der Waals surface area contributed by atoms with Crippen LogP contribution in [-0.4, -0.2) is 24.4 Å². The molecule has 3 aromatic heterocycles. The molecule has 0 aliphatic carbocycles. The quantitative estimate of drug-likeness (QED) is 0.350. The molecule has 1 atom stereocenters. The number of anilines is 1. The van der Waals surface area contributed by atoms with Crippen molar-refractivity contribution in [3.8, 4) is 22.3 Å². The van der Waals surface area contributed by atoms with E-state index in [1.165, 1.54) is 22.8 Å². The van der Waals surface area contributed by atoms with Crippen molar-refractivity contribution >= 4 is 11.6 Å². The van der Waals surface area contributed by atoms with E-state index in [1.54, 1.807) is 47.4 Å². The lowest BCUT2D eigenvalue weighted by atomic mass is 10.00. The van der Waals surface area contributed by atoms with Crippen molar-refractivity contribution in [2.75, 3.05) is 5.73 Å². The number of nitrogens with two attached hydrogens (primary N) is 1. The average Bonchev–Trinajstić information content (AvgIpc) is 3.44. The molecule has 0 amide bonds. The third-order valence-electron chi connectivity index (χ3n) is 5.69. The number of hydrogen-bond donors (Lipinski definition) is 1. The van der Waals surface area contributed by atoms with Crippen LogP contribution in [0.3, 0.4) is 0 Å². The Morgan fingerprint density at radius 1 is 0.971 bits per heavy atom. The molecule has 2 aromatic carbocycles. The summed E-state index contributed by atoms with van der Waals surface area (Å²) in [7, 11) is 0. The molecule has 6 nitrogen and oxygen atoms in total. The number of rotatable bonds is 4. The molecular weight excluding hydrogens is 448 g/mol. The zero-order chi connectivity index (χ0) is 24.0. The molecular formula is C24H18F4N6. The van der Waals surface area contributed by atoms with Crippen molar-refractivity contribution in [2.24, 2.45) is 0 Å². The second kappa shape index (κ2) is 7.98. The first-order valence-electron chi connectivity index (χ1n) is 10.3. The molecule has 0 saturated heterocycles. The average molecular weight is 466 g/mol. The summed E-state index contributed by atoms with van der Waals surface area (Å²) >= 11 is 0. The molecule has 172 valence electrons. The van der Waals surface area contributed by atoms with Crippen molar-refractivity contribution in [1.29, 1.82) is 0 Å². The Hall–Kier alpha value is -4.21. The lowest BCUT2D eigenvalue weighted by Crippen LogP contribution is -2.09. The lowest BCUT2D eigenvalue weighted by molar-refractivity contribution is -0.137. The van der Waals surface area contributed by atoms with Gasteiger partial charge in [-0.25, -0.2) is 8.91 Å². The molecule has 0 fully saturated rings. The molecule has 5 aromatic rings. The van der Waals surface area contributed by atoms with Gasteiger partial charge in [-0.05, 0) is 42.3 Å². The number of hydrogen-bond acceptors (Lipinski definition) is 4. The molecule has 34 heavy (non-hydrogen) atoms. The van der Waals surface area contributed by atoms with E-state index in [9.17, 15) is 13.2 Å². The van der Waals surface area contributed by atoms with Gasteiger partial charge in [-0.1, -0.05) is 30.3 Å². The standard InChI is InChI=1S/C24H18F4N6/c1-14(15-5-7-18(8-6-15)24(26,27)28)34-13-17(12-30-34)20-4-2-3-19(22(20)25)16-9-10-33-21(11-16)31-23(29)32-33/h2-14H,1H3,(H2,29,32). The molecule has 3 heterocycles. The van der Waals surface area contributed by atoms with Gasteiger partial charge in [-0.2, -0.15) is 23.3 Å². The third-order valence-corrected chi connectivity index (χ3v) is 5.69. The van der Waals surface area contributed by atoms with E-state index in [-0.39, 0.29) is 12.0 Å². The number of nitrogens with zero attached hydrogens (tertiary/aromatic N) is 5. The Balaban J connectivity index is 1.46. The molecule has 5 rings (SSSR count). The first-order chi connectivity index (χ1) is 16.2. The second-order valence-corrected chi connectivity index (χ2v) is 7.86. The van der Waals surface area contributed by atoms with Crippen molar-refractivity contribution in [2.45, 2.75) is 19.1 Å². The third kappa shape index (κ3) is 3.87. The maximum atomic E-state index is 15.5. The van der Waals surface area contributed by atoms with Crippen molar-refractivity contribution in [3.05, 3.63) is 90.1 Å². The highest BCUT2D eigenvalue weighted by molar-refractivity contribution is 5.75. The highest BCUT2D eigenvalue weighted by atomic mass is 19.4. The van der Waals surface area contributed by atoms with Gasteiger partial charge in [0, 0.05) is 29.1 Å². The van der Waals surface area contributed by atoms with Crippen LogP contribution in [0.5, 0.6) is 0 Å². The summed E-state index contributed by atoms with van der Waals surface area (Å²) in [5.74, 6) is -0.304. The maximum absolute atomic E-state index is 15.5. The number of nitrogen functional groups attached to an aromatic ring is 1. The second-order valence-electron chi connectivity index (χ2n) is 7.86.